The summed E-state index contributed by atoms with van der Waals surface area (Å²) >= 11 is 0. The smallest absolute Gasteiger partial charge is 0.436 e. The maximum absolute atomic E-state index is 13.6. The monoisotopic (exact) mass is 377 g/mol. The van der Waals surface area contributed by atoms with Gasteiger partial charge in [0.25, 0.3) is 5.91 Å². The molecule has 0 radical (unpaired) electrons. The highest BCUT2D eigenvalue weighted by Gasteiger charge is 2.42. The molecule has 0 atom stereocenters. The Hall–Kier alpha value is -2.65. The zero-order chi connectivity index (χ0) is 19.5. The average Bonchev–Trinajstić information content (AvgIpc) is 2.88. The van der Waals surface area contributed by atoms with Gasteiger partial charge in [-0.05, 0) is 12.5 Å². The maximum atomic E-state index is 13.6. The minimum atomic E-state index is -4.88. The van der Waals surface area contributed by atoms with Crippen molar-refractivity contribution in [2.24, 2.45) is 7.05 Å². The second-order valence-corrected chi connectivity index (χ2v) is 5.42. The number of benzene rings is 1. The number of hydrogen-bond acceptors (Lipinski definition) is 3. The average molecular weight is 377 g/mol. The predicted octanol–water partition coefficient (Wildman–Crippen LogP) is 3.44. The molecule has 0 aliphatic carbocycles. The molecular formula is C16H16F5N3O2. The molecule has 0 saturated heterocycles. The van der Waals surface area contributed by atoms with Crippen molar-refractivity contribution >= 4 is 5.91 Å². The first-order chi connectivity index (χ1) is 12.1. The maximum Gasteiger partial charge on any atom is 0.436 e. The van der Waals surface area contributed by atoms with E-state index in [1.54, 1.807) is 6.92 Å². The van der Waals surface area contributed by atoms with Gasteiger partial charge in [-0.15, -0.1) is 0 Å². The second kappa shape index (κ2) is 7.71. The van der Waals surface area contributed by atoms with Crippen LogP contribution < -0.4 is 10.1 Å². The van der Waals surface area contributed by atoms with Crippen molar-refractivity contribution in [2.75, 3.05) is 6.61 Å². The van der Waals surface area contributed by atoms with E-state index in [4.69, 9.17) is 4.74 Å². The molecule has 0 unspecified atom stereocenters. The molecule has 1 heterocycles. The van der Waals surface area contributed by atoms with Gasteiger partial charge < -0.3 is 10.1 Å². The first-order valence-corrected chi connectivity index (χ1v) is 7.64. The third-order valence-electron chi connectivity index (χ3n) is 3.39. The lowest BCUT2D eigenvalue weighted by Gasteiger charge is -2.11. The molecule has 0 bridgehead atoms. The number of nitrogens with one attached hydrogen (secondary N) is 1. The van der Waals surface area contributed by atoms with Gasteiger partial charge in [0.1, 0.15) is 17.2 Å². The van der Waals surface area contributed by atoms with Crippen LogP contribution in [-0.4, -0.2) is 22.3 Å². The summed E-state index contributed by atoms with van der Waals surface area (Å²) in [6, 6.07) is 2.68. The lowest BCUT2D eigenvalue weighted by atomic mass is 10.1. The zero-order valence-electron chi connectivity index (χ0n) is 14.0. The first-order valence-electron chi connectivity index (χ1n) is 7.64. The number of aromatic nitrogens is 2. The molecule has 0 fully saturated rings. The Bertz CT molecular complexity index is 802. The summed E-state index contributed by atoms with van der Waals surface area (Å²) in [6.07, 6.45) is -4.37. The molecule has 0 aliphatic heterocycles. The number of hydrogen-bond donors (Lipinski definition) is 1. The van der Waals surface area contributed by atoms with Crippen molar-refractivity contribution in [3.05, 3.63) is 46.7 Å². The SMILES string of the molecule is CCCOc1c(C(=O)NCc2ccc(F)cc2F)c(C(F)(F)F)nn1C. The molecule has 142 valence electrons. The van der Waals surface area contributed by atoms with Crippen LogP contribution in [0, 0.1) is 11.6 Å². The summed E-state index contributed by atoms with van der Waals surface area (Å²) < 4.78 is 72.1. The van der Waals surface area contributed by atoms with Crippen LogP contribution >= 0.6 is 0 Å². The number of alkyl halides is 3. The minimum Gasteiger partial charge on any atom is -0.477 e. The Morgan fingerprint density at radius 2 is 2.00 bits per heavy atom. The minimum absolute atomic E-state index is 0.0757. The van der Waals surface area contributed by atoms with Crippen LogP contribution in [0.25, 0.3) is 0 Å². The first kappa shape index (κ1) is 19.7. The molecule has 0 saturated carbocycles. The molecule has 0 spiro atoms. The Balaban J connectivity index is 2.31. The lowest BCUT2D eigenvalue weighted by Crippen LogP contribution is -2.26. The van der Waals surface area contributed by atoms with E-state index in [1.165, 1.54) is 7.05 Å². The highest BCUT2D eigenvalue weighted by atomic mass is 19.4. The molecule has 1 aromatic heterocycles. The fraction of sp³-hybridized carbons (Fsp3) is 0.375. The number of ether oxygens (including phenoxy) is 1. The van der Waals surface area contributed by atoms with E-state index in [0.717, 1.165) is 16.8 Å². The number of carbonyl (C=O) groups is 1. The highest BCUT2D eigenvalue weighted by molar-refractivity contribution is 5.97. The molecule has 26 heavy (non-hydrogen) atoms. The zero-order valence-corrected chi connectivity index (χ0v) is 14.0. The van der Waals surface area contributed by atoms with E-state index in [0.29, 0.717) is 12.5 Å². The van der Waals surface area contributed by atoms with Crippen LogP contribution in [0.15, 0.2) is 18.2 Å². The van der Waals surface area contributed by atoms with Gasteiger partial charge in [0.05, 0.1) is 6.61 Å². The molecule has 0 aliphatic rings. The van der Waals surface area contributed by atoms with Gasteiger partial charge in [-0.2, -0.15) is 18.3 Å². The van der Waals surface area contributed by atoms with E-state index in [9.17, 15) is 26.7 Å². The standard InChI is InChI=1S/C16H16F5N3O2/c1-3-6-26-15-12(13(16(19,20)21)23-24(15)2)14(25)22-8-9-4-5-10(17)7-11(9)18/h4-5,7H,3,6,8H2,1-2H3,(H,22,25). The Kier molecular flexibility index (Phi) is 5.83. The fourth-order valence-corrected chi connectivity index (χ4v) is 2.20. The van der Waals surface area contributed by atoms with Crippen LogP contribution in [0.1, 0.15) is 35.0 Å². The second-order valence-electron chi connectivity index (χ2n) is 5.42. The van der Waals surface area contributed by atoms with E-state index < -0.39 is 41.5 Å². The number of aryl methyl sites for hydroxylation is 1. The molecule has 1 N–H and O–H groups in total. The Morgan fingerprint density at radius 3 is 2.58 bits per heavy atom. The largest absolute Gasteiger partial charge is 0.477 e. The molecule has 2 rings (SSSR count). The van der Waals surface area contributed by atoms with Gasteiger partial charge in [0, 0.05) is 25.2 Å². The molecular weight excluding hydrogens is 361 g/mol. The molecule has 2 aromatic rings. The van der Waals surface area contributed by atoms with Gasteiger partial charge in [0.15, 0.2) is 5.69 Å². The van der Waals surface area contributed by atoms with Crippen molar-refractivity contribution in [3.8, 4) is 5.88 Å². The van der Waals surface area contributed by atoms with Gasteiger partial charge in [-0.1, -0.05) is 13.0 Å². The van der Waals surface area contributed by atoms with Crippen LogP contribution in [0.5, 0.6) is 5.88 Å². The van der Waals surface area contributed by atoms with Crippen molar-refractivity contribution in [2.45, 2.75) is 26.1 Å². The molecule has 5 nitrogen and oxygen atoms in total. The Morgan fingerprint density at radius 1 is 1.31 bits per heavy atom. The van der Waals surface area contributed by atoms with Gasteiger partial charge in [-0.25, -0.2) is 13.5 Å². The third kappa shape index (κ3) is 4.30. The van der Waals surface area contributed by atoms with Crippen LogP contribution in [-0.2, 0) is 19.8 Å². The van der Waals surface area contributed by atoms with Crippen molar-refractivity contribution in [1.29, 1.82) is 0 Å². The number of rotatable bonds is 6. The van der Waals surface area contributed by atoms with Crippen LogP contribution in [0.3, 0.4) is 0 Å². The number of halogens is 5. The topological polar surface area (TPSA) is 56.1 Å². The van der Waals surface area contributed by atoms with Gasteiger partial charge in [-0.3, -0.25) is 4.79 Å². The third-order valence-corrected chi connectivity index (χ3v) is 3.39. The van der Waals surface area contributed by atoms with Crippen molar-refractivity contribution in [3.63, 3.8) is 0 Å². The summed E-state index contributed by atoms with van der Waals surface area (Å²) in [4.78, 5) is 12.3. The van der Waals surface area contributed by atoms with Gasteiger partial charge >= 0.3 is 6.18 Å². The van der Waals surface area contributed by atoms with Crippen LogP contribution in [0.2, 0.25) is 0 Å². The Labute approximate surface area is 145 Å². The quantitative estimate of drug-likeness (QED) is 0.785. The molecule has 1 amide bonds. The summed E-state index contributed by atoms with van der Waals surface area (Å²) in [5.41, 5.74) is -2.26. The van der Waals surface area contributed by atoms with E-state index in [1.807, 2.05) is 0 Å². The van der Waals surface area contributed by atoms with Crippen molar-refractivity contribution < 1.29 is 31.5 Å². The number of nitrogens with zero attached hydrogens (tertiary/aromatic N) is 2. The highest BCUT2D eigenvalue weighted by Crippen LogP contribution is 2.35. The summed E-state index contributed by atoms with van der Waals surface area (Å²) in [7, 11) is 1.22. The number of carbonyl (C=O) groups excluding carboxylic acids is 1. The molecule has 10 heteroatoms. The van der Waals surface area contributed by atoms with Crippen LogP contribution in [0.4, 0.5) is 22.0 Å². The summed E-state index contributed by atoms with van der Waals surface area (Å²) in [6.45, 7) is 1.41. The van der Waals surface area contributed by atoms with E-state index in [2.05, 4.69) is 10.4 Å². The van der Waals surface area contributed by atoms with E-state index in [-0.39, 0.29) is 18.1 Å². The number of amides is 1. The van der Waals surface area contributed by atoms with Gasteiger partial charge in [0.2, 0.25) is 5.88 Å². The predicted molar refractivity (Wildman–Crippen MR) is 81.5 cm³/mol. The van der Waals surface area contributed by atoms with E-state index >= 15 is 0 Å². The summed E-state index contributed by atoms with van der Waals surface area (Å²) in [5.74, 6) is -3.19. The fourth-order valence-electron chi connectivity index (χ4n) is 2.20. The normalized spacial score (nSPS) is 11.5. The molecule has 1 aromatic carbocycles. The van der Waals surface area contributed by atoms with Crippen molar-refractivity contribution in [1.82, 2.24) is 15.1 Å². The summed E-state index contributed by atoms with van der Waals surface area (Å²) in [5, 5.41) is 5.51. The lowest BCUT2D eigenvalue weighted by molar-refractivity contribution is -0.141.